The van der Waals surface area contributed by atoms with Crippen LogP contribution < -0.4 is 20.7 Å². The van der Waals surface area contributed by atoms with Gasteiger partial charge in [-0.05, 0) is 72.5 Å². The summed E-state index contributed by atoms with van der Waals surface area (Å²) in [7, 11) is -0.861. The van der Waals surface area contributed by atoms with E-state index in [1.54, 1.807) is 24.3 Å². The van der Waals surface area contributed by atoms with E-state index in [4.69, 9.17) is 4.74 Å². The largest absolute Gasteiger partial charge is 0.494 e. The predicted octanol–water partition coefficient (Wildman–Crippen LogP) is 3.07. The summed E-state index contributed by atoms with van der Waals surface area (Å²) >= 11 is 0. The summed E-state index contributed by atoms with van der Waals surface area (Å²) < 4.78 is 5.48. The first-order valence-corrected chi connectivity index (χ1v) is 13.4. The van der Waals surface area contributed by atoms with Gasteiger partial charge in [-0.1, -0.05) is 12.1 Å². The lowest BCUT2D eigenvalue weighted by Crippen LogP contribution is -2.40. The van der Waals surface area contributed by atoms with Crippen molar-refractivity contribution in [2.24, 2.45) is 5.92 Å². The number of nitrogens with one attached hydrogen (secondary N) is 3. The van der Waals surface area contributed by atoms with Gasteiger partial charge in [0.25, 0.3) is 5.91 Å². The Morgan fingerprint density at radius 1 is 1.09 bits per heavy atom. The fourth-order valence-corrected chi connectivity index (χ4v) is 4.39. The molecule has 0 radical (unpaired) electrons. The molecule has 2 unspecified atom stereocenters. The van der Waals surface area contributed by atoms with Crippen LogP contribution in [0.5, 0.6) is 5.75 Å². The molecule has 1 aliphatic heterocycles. The highest BCUT2D eigenvalue weighted by atomic mass is 32.3. The van der Waals surface area contributed by atoms with E-state index >= 15 is 0 Å². The summed E-state index contributed by atoms with van der Waals surface area (Å²) in [5.41, 5.74) is 1.29. The normalized spacial score (nSPS) is 17.2. The molecule has 0 aliphatic carbocycles. The maximum absolute atomic E-state index is 13.2. The van der Waals surface area contributed by atoms with Crippen LogP contribution in [0.1, 0.15) is 24.9 Å². The van der Waals surface area contributed by atoms with E-state index < -0.39 is 22.0 Å². The molecular weight excluding hydrogens is 426 g/mol. The Balaban J connectivity index is 1.79. The topological polar surface area (TPSA) is 96.5 Å². The Morgan fingerprint density at radius 2 is 1.75 bits per heavy atom. The van der Waals surface area contributed by atoms with Crippen LogP contribution in [-0.4, -0.2) is 49.6 Å². The number of amides is 3. The van der Waals surface area contributed by atoms with Gasteiger partial charge in [0, 0.05) is 18.7 Å². The molecule has 2 atom stereocenters. The minimum atomic E-state index is -0.901. The summed E-state index contributed by atoms with van der Waals surface area (Å²) in [5.74, 6) is -0.643. The molecule has 2 aromatic carbocycles. The molecule has 1 heterocycles. The lowest BCUT2D eigenvalue weighted by molar-refractivity contribution is -0.129. The van der Waals surface area contributed by atoms with Crippen LogP contribution in [0.2, 0.25) is 0 Å². The van der Waals surface area contributed by atoms with Crippen molar-refractivity contribution in [3.63, 3.8) is 0 Å². The van der Waals surface area contributed by atoms with Gasteiger partial charge in [0.15, 0.2) is 0 Å². The first-order chi connectivity index (χ1) is 15.2. The van der Waals surface area contributed by atoms with Gasteiger partial charge in [0.2, 0.25) is 11.8 Å². The zero-order chi connectivity index (χ0) is 23.3. The van der Waals surface area contributed by atoms with Gasteiger partial charge in [-0.3, -0.25) is 14.4 Å². The maximum atomic E-state index is 13.2. The quantitative estimate of drug-likeness (QED) is 0.568. The second-order valence-corrected chi connectivity index (χ2v) is 12.6. The summed E-state index contributed by atoms with van der Waals surface area (Å²) in [6, 6.07) is 14.0. The van der Waals surface area contributed by atoms with Crippen LogP contribution >= 0.6 is 10.0 Å². The maximum Gasteiger partial charge on any atom is 0.251 e. The molecule has 3 N–H and O–H groups in total. The monoisotopic (exact) mass is 457 g/mol. The van der Waals surface area contributed by atoms with E-state index in [0.29, 0.717) is 23.6 Å². The molecule has 3 amide bonds. The average Bonchev–Trinajstić information content (AvgIpc) is 3.19. The minimum absolute atomic E-state index is 0.125. The van der Waals surface area contributed by atoms with E-state index in [9.17, 15) is 14.4 Å². The molecule has 172 valence electrons. The number of rotatable bonds is 8. The van der Waals surface area contributed by atoms with Crippen molar-refractivity contribution < 1.29 is 19.1 Å². The van der Waals surface area contributed by atoms with Gasteiger partial charge in [-0.25, -0.2) is 10.0 Å². The highest BCUT2D eigenvalue weighted by Crippen LogP contribution is 2.45. The van der Waals surface area contributed by atoms with Gasteiger partial charge in [-0.2, -0.15) is 0 Å². The highest BCUT2D eigenvalue weighted by Gasteiger charge is 2.31. The number of hydrogen-bond acceptors (Lipinski definition) is 4. The van der Waals surface area contributed by atoms with Crippen LogP contribution in [0.4, 0.5) is 5.69 Å². The Labute approximate surface area is 190 Å². The standard InChI is InChI=1S/C24H31N3O4S/c1-5-31-19-10-6-16(7-11-19)22(27-23(29)17-14-21(28)25-15-17)24(30)26-18-8-12-20(13-9-18)32(2,3)4/h6-13,17,22H,5,14-15H2,1-4H3,(H,25,28)(H,26,30)(H,27,29). The number of carbonyl (C=O) groups is 3. The number of benzene rings is 2. The third kappa shape index (κ3) is 6.03. The summed E-state index contributed by atoms with van der Waals surface area (Å²) in [4.78, 5) is 38.7. The second kappa shape index (κ2) is 10.1. The summed E-state index contributed by atoms with van der Waals surface area (Å²) in [5, 5.41) is 8.39. The summed E-state index contributed by atoms with van der Waals surface area (Å²) in [6.45, 7) is 2.71. The van der Waals surface area contributed by atoms with Gasteiger partial charge in [0.1, 0.15) is 11.8 Å². The highest BCUT2D eigenvalue weighted by molar-refractivity contribution is 8.32. The molecule has 1 fully saturated rings. The van der Waals surface area contributed by atoms with E-state index in [1.807, 2.05) is 31.2 Å². The molecule has 3 rings (SSSR count). The molecule has 0 aromatic heterocycles. The van der Waals surface area contributed by atoms with Crippen LogP contribution in [0.3, 0.4) is 0 Å². The third-order valence-electron chi connectivity index (χ3n) is 5.25. The minimum Gasteiger partial charge on any atom is -0.494 e. The van der Waals surface area contributed by atoms with Crippen molar-refractivity contribution in [3.05, 3.63) is 54.1 Å². The fraction of sp³-hybridized carbons (Fsp3) is 0.375. The number of ether oxygens (including phenoxy) is 1. The molecule has 8 heteroatoms. The van der Waals surface area contributed by atoms with Crippen molar-refractivity contribution in [3.8, 4) is 5.75 Å². The van der Waals surface area contributed by atoms with Gasteiger partial charge in [0.05, 0.1) is 12.5 Å². The lowest BCUT2D eigenvalue weighted by Gasteiger charge is -2.26. The zero-order valence-corrected chi connectivity index (χ0v) is 19.8. The first kappa shape index (κ1) is 23.7. The molecule has 2 aromatic rings. The molecule has 1 saturated heterocycles. The number of carbonyl (C=O) groups excluding carboxylic acids is 3. The van der Waals surface area contributed by atoms with Crippen molar-refractivity contribution in [2.75, 3.05) is 37.2 Å². The van der Waals surface area contributed by atoms with E-state index in [2.05, 4.69) is 34.7 Å². The van der Waals surface area contributed by atoms with Gasteiger partial charge >= 0.3 is 0 Å². The van der Waals surface area contributed by atoms with E-state index in [-0.39, 0.29) is 30.7 Å². The van der Waals surface area contributed by atoms with E-state index in [0.717, 1.165) is 0 Å². The molecule has 32 heavy (non-hydrogen) atoms. The Hall–Kier alpha value is -3.00. The Bertz CT molecular complexity index is 968. The Morgan fingerprint density at radius 3 is 2.28 bits per heavy atom. The van der Waals surface area contributed by atoms with Crippen LogP contribution in [0.15, 0.2) is 53.4 Å². The fourth-order valence-electron chi connectivity index (χ4n) is 3.44. The molecular formula is C24H31N3O4S. The Kier molecular flexibility index (Phi) is 7.45. The van der Waals surface area contributed by atoms with Gasteiger partial charge < -0.3 is 20.7 Å². The smallest absolute Gasteiger partial charge is 0.251 e. The molecule has 0 saturated carbocycles. The average molecular weight is 458 g/mol. The molecule has 1 aliphatic rings. The van der Waals surface area contributed by atoms with Crippen LogP contribution in [0, 0.1) is 5.92 Å². The molecule has 7 nitrogen and oxygen atoms in total. The van der Waals surface area contributed by atoms with Crippen molar-refractivity contribution >= 4 is 33.4 Å². The van der Waals surface area contributed by atoms with Crippen molar-refractivity contribution in [1.29, 1.82) is 0 Å². The SMILES string of the molecule is CCOc1ccc(C(NC(=O)C2CNC(=O)C2)C(=O)Nc2ccc(S(C)(C)C)cc2)cc1. The zero-order valence-electron chi connectivity index (χ0n) is 18.9. The van der Waals surface area contributed by atoms with Crippen LogP contribution in [0.25, 0.3) is 0 Å². The molecule has 0 spiro atoms. The third-order valence-corrected chi connectivity index (χ3v) is 6.94. The van der Waals surface area contributed by atoms with Crippen LogP contribution in [-0.2, 0) is 14.4 Å². The second-order valence-electron chi connectivity index (χ2n) is 8.50. The van der Waals surface area contributed by atoms with Crippen molar-refractivity contribution in [2.45, 2.75) is 24.3 Å². The first-order valence-electron chi connectivity index (χ1n) is 10.6. The molecule has 0 bridgehead atoms. The number of hydrogen-bond donors (Lipinski definition) is 3. The number of anilines is 1. The van der Waals surface area contributed by atoms with Crippen molar-refractivity contribution in [1.82, 2.24) is 10.6 Å². The van der Waals surface area contributed by atoms with E-state index in [1.165, 1.54) is 4.90 Å². The van der Waals surface area contributed by atoms with Gasteiger partial charge in [-0.15, -0.1) is 0 Å². The predicted molar refractivity (Wildman–Crippen MR) is 128 cm³/mol. The summed E-state index contributed by atoms with van der Waals surface area (Å²) in [6.07, 6.45) is 6.75. The lowest BCUT2D eigenvalue weighted by atomic mass is 10.0.